The molecule has 1 fully saturated rings. The standard InChI is InChI=1S/C21H24N2O5/c1-21(2)27-13-17(18(28-21)14-9-5-4-6-10-14)23-20(25)22-16-12-8-7-11-15(16)19(24)26-3/h4-12,17-18H,13H2,1-3H3,(H2,22,23,25)/t17-,18+/m0/s1. The van der Waals surface area contributed by atoms with E-state index in [0.717, 1.165) is 5.56 Å². The molecule has 2 atom stereocenters. The van der Waals surface area contributed by atoms with Crippen molar-refractivity contribution in [3.63, 3.8) is 0 Å². The molecule has 2 amide bonds. The van der Waals surface area contributed by atoms with Crippen LogP contribution in [0.3, 0.4) is 0 Å². The maximum Gasteiger partial charge on any atom is 0.339 e. The van der Waals surface area contributed by atoms with Gasteiger partial charge in [-0.1, -0.05) is 42.5 Å². The number of urea groups is 1. The lowest BCUT2D eigenvalue weighted by atomic mass is 10.0. The van der Waals surface area contributed by atoms with Crippen LogP contribution in [-0.2, 0) is 14.2 Å². The smallest absolute Gasteiger partial charge is 0.339 e. The van der Waals surface area contributed by atoms with Crippen molar-refractivity contribution in [3.05, 3.63) is 65.7 Å². The van der Waals surface area contributed by atoms with Gasteiger partial charge in [0.15, 0.2) is 5.79 Å². The van der Waals surface area contributed by atoms with Crippen molar-refractivity contribution in [2.75, 3.05) is 19.0 Å². The molecule has 2 aromatic carbocycles. The summed E-state index contributed by atoms with van der Waals surface area (Å²) in [6, 6.07) is 15.4. The van der Waals surface area contributed by atoms with E-state index >= 15 is 0 Å². The Morgan fingerprint density at radius 1 is 1.07 bits per heavy atom. The normalized spacial score (nSPS) is 20.8. The van der Waals surface area contributed by atoms with E-state index in [4.69, 9.17) is 14.2 Å². The van der Waals surface area contributed by atoms with Gasteiger partial charge in [0.25, 0.3) is 0 Å². The number of hydrogen-bond acceptors (Lipinski definition) is 5. The summed E-state index contributed by atoms with van der Waals surface area (Å²) in [6.07, 6.45) is -0.369. The van der Waals surface area contributed by atoms with Crippen molar-refractivity contribution in [1.29, 1.82) is 0 Å². The second-order valence-electron chi connectivity index (χ2n) is 6.90. The molecular weight excluding hydrogens is 360 g/mol. The Morgan fingerprint density at radius 3 is 2.46 bits per heavy atom. The van der Waals surface area contributed by atoms with Crippen molar-refractivity contribution >= 4 is 17.7 Å². The molecule has 3 rings (SSSR count). The van der Waals surface area contributed by atoms with Crippen molar-refractivity contribution in [2.24, 2.45) is 0 Å². The molecule has 0 spiro atoms. The number of benzene rings is 2. The highest BCUT2D eigenvalue weighted by Crippen LogP contribution is 2.33. The van der Waals surface area contributed by atoms with Crippen LogP contribution in [0.4, 0.5) is 10.5 Å². The molecule has 0 aliphatic carbocycles. The van der Waals surface area contributed by atoms with E-state index in [2.05, 4.69) is 10.6 Å². The number of methoxy groups -OCH3 is 1. The van der Waals surface area contributed by atoms with Gasteiger partial charge in [-0.05, 0) is 31.5 Å². The molecule has 2 aromatic rings. The van der Waals surface area contributed by atoms with Crippen LogP contribution in [0.2, 0.25) is 0 Å². The Bertz CT molecular complexity index is 838. The van der Waals surface area contributed by atoms with E-state index in [1.807, 2.05) is 44.2 Å². The molecule has 7 heteroatoms. The van der Waals surface area contributed by atoms with E-state index in [9.17, 15) is 9.59 Å². The third-order valence-corrected chi connectivity index (χ3v) is 4.41. The van der Waals surface area contributed by atoms with Gasteiger partial charge in [0.05, 0.1) is 31.0 Å². The molecule has 0 saturated carbocycles. The summed E-state index contributed by atoms with van der Waals surface area (Å²) in [7, 11) is 1.29. The average molecular weight is 384 g/mol. The van der Waals surface area contributed by atoms with Crippen molar-refractivity contribution in [2.45, 2.75) is 31.8 Å². The van der Waals surface area contributed by atoms with Gasteiger partial charge in [0.1, 0.15) is 6.10 Å². The Hall–Kier alpha value is -2.90. The fraction of sp³-hybridized carbons (Fsp3) is 0.333. The number of rotatable bonds is 4. The van der Waals surface area contributed by atoms with Crippen LogP contribution in [-0.4, -0.2) is 37.5 Å². The lowest BCUT2D eigenvalue weighted by Crippen LogP contribution is -2.52. The Kier molecular flexibility index (Phi) is 5.96. The molecule has 1 aliphatic rings. The largest absolute Gasteiger partial charge is 0.465 e. The molecular formula is C21H24N2O5. The molecule has 7 nitrogen and oxygen atoms in total. The summed E-state index contributed by atoms with van der Waals surface area (Å²) in [4.78, 5) is 24.5. The summed E-state index contributed by atoms with van der Waals surface area (Å²) >= 11 is 0. The minimum Gasteiger partial charge on any atom is -0.465 e. The molecule has 0 unspecified atom stereocenters. The number of amides is 2. The SMILES string of the molecule is COC(=O)c1ccccc1NC(=O)N[C@H]1COC(C)(C)O[C@@H]1c1ccccc1. The Morgan fingerprint density at radius 2 is 1.75 bits per heavy atom. The summed E-state index contributed by atoms with van der Waals surface area (Å²) in [5.74, 6) is -1.28. The van der Waals surface area contributed by atoms with Crippen molar-refractivity contribution in [3.8, 4) is 0 Å². The van der Waals surface area contributed by atoms with Gasteiger partial charge in [-0.25, -0.2) is 9.59 Å². The highest BCUT2D eigenvalue weighted by atomic mass is 16.7. The minimum atomic E-state index is -0.757. The van der Waals surface area contributed by atoms with Gasteiger partial charge >= 0.3 is 12.0 Å². The van der Waals surface area contributed by atoms with Gasteiger partial charge in [-0.2, -0.15) is 0 Å². The van der Waals surface area contributed by atoms with E-state index < -0.39 is 23.8 Å². The zero-order valence-electron chi connectivity index (χ0n) is 16.1. The summed E-state index contributed by atoms with van der Waals surface area (Å²) < 4.78 is 16.5. The van der Waals surface area contributed by atoms with Crippen LogP contribution in [0.15, 0.2) is 54.6 Å². The van der Waals surface area contributed by atoms with Crippen LogP contribution in [0, 0.1) is 0 Å². The quantitative estimate of drug-likeness (QED) is 0.788. The number of carbonyl (C=O) groups excluding carboxylic acids is 2. The maximum absolute atomic E-state index is 12.6. The molecule has 1 heterocycles. The fourth-order valence-electron chi connectivity index (χ4n) is 3.07. The lowest BCUT2D eigenvalue weighted by molar-refractivity contribution is -0.284. The Labute approximate surface area is 164 Å². The predicted molar refractivity (Wildman–Crippen MR) is 104 cm³/mol. The van der Waals surface area contributed by atoms with E-state index in [1.165, 1.54) is 7.11 Å². The second kappa shape index (κ2) is 8.41. The molecule has 1 saturated heterocycles. The third kappa shape index (κ3) is 4.68. The zero-order chi connectivity index (χ0) is 20.1. The molecule has 0 aromatic heterocycles. The van der Waals surface area contributed by atoms with Gasteiger partial charge in [0.2, 0.25) is 0 Å². The van der Waals surface area contributed by atoms with Gasteiger partial charge in [-0.15, -0.1) is 0 Å². The van der Waals surface area contributed by atoms with Crippen LogP contribution in [0.1, 0.15) is 35.9 Å². The Balaban J connectivity index is 1.75. The number of nitrogens with one attached hydrogen (secondary N) is 2. The number of para-hydroxylation sites is 1. The van der Waals surface area contributed by atoms with Crippen molar-refractivity contribution < 1.29 is 23.8 Å². The van der Waals surface area contributed by atoms with Gasteiger partial charge in [0, 0.05) is 0 Å². The van der Waals surface area contributed by atoms with E-state index in [0.29, 0.717) is 12.3 Å². The number of ether oxygens (including phenoxy) is 3. The topological polar surface area (TPSA) is 85.9 Å². The van der Waals surface area contributed by atoms with Gasteiger partial charge < -0.3 is 24.8 Å². The predicted octanol–water partition coefficient (Wildman–Crippen LogP) is 3.49. The monoisotopic (exact) mass is 384 g/mol. The first-order valence-corrected chi connectivity index (χ1v) is 9.01. The minimum absolute atomic E-state index is 0.275. The van der Waals surface area contributed by atoms with Crippen LogP contribution in [0.25, 0.3) is 0 Å². The molecule has 148 valence electrons. The number of anilines is 1. The first-order valence-electron chi connectivity index (χ1n) is 9.01. The van der Waals surface area contributed by atoms with Crippen LogP contribution >= 0.6 is 0 Å². The molecule has 28 heavy (non-hydrogen) atoms. The first kappa shape index (κ1) is 19.9. The first-order chi connectivity index (χ1) is 13.4. The number of esters is 1. The zero-order valence-corrected chi connectivity index (χ0v) is 16.1. The highest BCUT2D eigenvalue weighted by molar-refractivity contribution is 6.00. The molecule has 0 bridgehead atoms. The maximum atomic E-state index is 12.6. The fourth-order valence-corrected chi connectivity index (χ4v) is 3.07. The van der Waals surface area contributed by atoms with Crippen LogP contribution < -0.4 is 10.6 Å². The third-order valence-electron chi connectivity index (χ3n) is 4.41. The number of carbonyl (C=O) groups is 2. The van der Waals surface area contributed by atoms with Crippen molar-refractivity contribution in [1.82, 2.24) is 5.32 Å². The summed E-state index contributed by atoms with van der Waals surface area (Å²) in [5, 5.41) is 5.59. The van der Waals surface area contributed by atoms with Crippen LogP contribution in [0.5, 0.6) is 0 Å². The summed E-state index contributed by atoms with van der Waals surface area (Å²) in [5.41, 5.74) is 1.58. The molecule has 1 aliphatic heterocycles. The highest BCUT2D eigenvalue weighted by Gasteiger charge is 2.38. The lowest BCUT2D eigenvalue weighted by Gasteiger charge is -2.41. The van der Waals surface area contributed by atoms with Gasteiger partial charge in [-0.3, -0.25) is 0 Å². The van der Waals surface area contributed by atoms with E-state index in [1.54, 1.807) is 24.3 Å². The average Bonchev–Trinajstić information content (AvgIpc) is 2.69. The number of hydrogen-bond donors (Lipinski definition) is 2. The summed E-state index contributed by atoms with van der Waals surface area (Å²) in [6.45, 7) is 3.97. The van der Waals surface area contributed by atoms with E-state index in [-0.39, 0.29) is 11.7 Å². The molecule has 0 radical (unpaired) electrons. The molecule has 2 N–H and O–H groups in total. The second-order valence-corrected chi connectivity index (χ2v) is 6.90.